The fraction of sp³-hybridized carbons (Fsp3) is 0.769. The normalized spacial score (nSPS) is 35.0. The minimum atomic E-state index is -0.613. The molecule has 2 aliphatic rings. The molecule has 1 saturated carbocycles. The van der Waals surface area contributed by atoms with Gasteiger partial charge in [0.2, 0.25) is 5.95 Å². The highest BCUT2D eigenvalue weighted by atomic mass is 16.8. The quantitative estimate of drug-likeness (QED) is 0.833. The van der Waals surface area contributed by atoms with E-state index < -0.39 is 5.79 Å². The molecule has 1 saturated heterocycles. The van der Waals surface area contributed by atoms with Crippen LogP contribution in [0.15, 0.2) is 6.33 Å². The number of aromatic nitrogens is 3. The van der Waals surface area contributed by atoms with Crippen molar-refractivity contribution in [3.05, 3.63) is 12.2 Å². The molecular weight excluding hydrogens is 260 g/mol. The van der Waals surface area contributed by atoms with Crippen molar-refractivity contribution in [3.63, 3.8) is 0 Å². The lowest BCUT2D eigenvalue weighted by atomic mass is 10.1. The van der Waals surface area contributed by atoms with Crippen LogP contribution in [0.2, 0.25) is 0 Å². The first kappa shape index (κ1) is 13.7. The zero-order chi connectivity index (χ0) is 14.3. The summed E-state index contributed by atoms with van der Waals surface area (Å²) in [4.78, 5) is 12.3. The number of aryl methyl sites for hydroxylation is 1. The van der Waals surface area contributed by atoms with Crippen molar-refractivity contribution in [3.8, 4) is 0 Å². The molecule has 7 nitrogen and oxygen atoms in total. The molecule has 2 heterocycles. The molecule has 110 valence electrons. The fourth-order valence-electron chi connectivity index (χ4n) is 3.02. The number of hydrogen-bond donors (Lipinski definition) is 2. The molecule has 20 heavy (non-hydrogen) atoms. The topological polar surface area (TPSA) is 89.4 Å². The second kappa shape index (κ2) is 4.91. The van der Waals surface area contributed by atoms with Gasteiger partial charge in [0.25, 0.3) is 0 Å². The third kappa shape index (κ3) is 2.48. The Morgan fingerprint density at radius 2 is 2.10 bits per heavy atom. The number of nitrogens with one attached hydrogen (secondary N) is 1. The summed E-state index contributed by atoms with van der Waals surface area (Å²) in [5, 5.41) is 12.8. The molecule has 1 aliphatic heterocycles. The predicted octanol–water partition coefficient (Wildman–Crippen LogP) is 0.493. The molecule has 0 spiro atoms. The van der Waals surface area contributed by atoms with Gasteiger partial charge in [-0.15, -0.1) is 0 Å². The van der Waals surface area contributed by atoms with Gasteiger partial charge in [0, 0.05) is 12.5 Å². The van der Waals surface area contributed by atoms with E-state index in [0.717, 1.165) is 6.42 Å². The van der Waals surface area contributed by atoms with E-state index in [2.05, 4.69) is 20.3 Å². The first-order chi connectivity index (χ1) is 9.48. The average molecular weight is 280 g/mol. The smallest absolute Gasteiger partial charge is 0.226 e. The Balaban J connectivity index is 1.77. The van der Waals surface area contributed by atoms with Crippen molar-refractivity contribution >= 4 is 5.95 Å². The second-order valence-corrected chi connectivity index (χ2v) is 5.85. The number of anilines is 1. The summed E-state index contributed by atoms with van der Waals surface area (Å²) in [6.45, 7) is 5.70. The minimum absolute atomic E-state index is 0.0284. The van der Waals surface area contributed by atoms with Crippen molar-refractivity contribution in [2.45, 2.75) is 51.2 Å². The van der Waals surface area contributed by atoms with Gasteiger partial charge >= 0.3 is 0 Å². The Hall–Kier alpha value is -1.31. The van der Waals surface area contributed by atoms with Gasteiger partial charge in [0.1, 0.15) is 18.3 Å². The van der Waals surface area contributed by atoms with Crippen molar-refractivity contribution in [1.82, 2.24) is 15.0 Å². The molecule has 4 atom stereocenters. The van der Waals surface area contributed by atoms with Crippen LogP contribution in [0.1, 0.15) is 26.1 Å². The van der Waals surface area contributed by atoms with E-state index >= 15 is 0 Å². The van der Waals surface area contributed by atoms with Gasteiger partial charge in [-0.05, 0) is 27.2 Å². The predicted molar refractivity (Wildman–Crippen MR) is 71.0 cm³/mol. The summed E-state index contributed by atoms with van der Waals surface area (Å²) < 4.78 is 11.8. The molecule has 1 aliphatic carbocycles. The van der Waals surface area contributed by atoms with Gasteiger partial charge in [0.15, 0.2) is 5.79 Å². The van der Waals surface area contributed by atoms with Crippen LogP contribution >= 0.6 is 0 Å². The maximum atomic E-state index is 9.51. The van der Waals surface area contributed by atoms with Crippen LogP contribution in [-0.2, 0) is 9.47 Å². The number of aliphatic hydroxyl groups excluding tert-OH is 1. The second-order valence-electron chi connectivity index (χ2n) is 5.85. The number of fused-ring (bicyclic) bond motifs is 1. The van der Waals surface area contributed by atoms with E-state index in [1.54, 1.807) is 0 Å². The van der Waals surface area contributed by atoms with Gasteiger partial charge in [-0.1, -0.05) is 0 Å². The zero-order valence-corrected chi connectivity index (χ0v) is 11.9. The summed E-state index contributed by atoms with van der Waals surface area (Å²) in [7, 11) is 0. The maximum Gasteiger partial charge on any atom is 0.226 e. The van der Waals surface area contributed by atoms with E-state index in [1.807, 2.05) is 20.8 Å². The molecule has 0 unspecified atom stereocenters. The van der Waals surface area contributed by atoms with Gasteiger partial charge in [0.05, 0.1) is 12.1 Å². The molecule has 1 aromatic heterocycles. The summed E-state index contributed by atoms with van der Waals surface area (Å²) >= 11 is 0. The van der Waals surface area contributed by atoms with Crippen LogP contribution in [0.25, 0.3) is 0 Å². The van der Waals surface area contributed by atoms with Crippen LogP contribution in [0.5, 0.6) is 0 Å². The van der Waals surface area contributed by atoms with Crippen molar-refractivity contribution in [2.75, 3.05) is 11.9 Å². The number of nitrogens with zero attached hydrogens (tertiary/aromatic N) is 3. The van der Waals surface area contributed by atoms with Gasteiger partial charge < -0.3 is 19.9 Å². The van der Waals surface area contributed by atoms with E-state index in [0.29, 0.717) is 11.8 Å². The fourth-order valence-corrected chi connectivity index (χ4v) is 3.02. The zero-order valence-electron chi connectivity index (χ0n) is 11.9. The Morgan fingerprint density at radius 1 is 1.35 bits per heavy atom. The van der Waals surface area contributed by atoms with E-state index in [-0.39, 0.29) is 30.8 Å². The minimum Gasteiger partial charge on any atom is -0.396 e. The van der Waals surface area contributed by atoms with Crippen LogP contribution < -0.4 is 5.32 Å². The summed E-state index contributed by atoms with van der Waals surface area (Å²) in [5.74, 6) is 0.660. The number of ether oxygens (including phenoxy) is 2. The molecule has 3 rings (SSSR count). The Labute approximate surface area is 117 Å². The summed E-state index contributed by atoms with van der Waals surface area (Å²) in [5.41, 5.74) is 0. The number of aliphatic hydroxyl groups is 1. The summed E-state index contributed by atoms with van der Waals surface area (Å²) in [6.07, 6.45) is 2.07. The van der Waals surface area contributed by atoms with E-state index in [9.17, 15) is 5.11 Å². The number of hydrogen-bond acceptors (Lipinski definition) is 7. The first-order valence-electron chi connectivity index (χ1n) is 6.87. The molecule has 0 amide bonds. The van der Waals surface area contributed by atoms with Crippen molar-refractivity contribution < 1.29 is 14.6 Å². The number of rotatable bonds is 3. The standard InChI is InChI=1S/C13H20N4O3/c1-7-14-6-15-12(16-7)17-9-4-8(5-18)10-11(9)20-13(2,3)19-10/h6,8-11,18H,4-5H2,1-3H3,(H,14,15,16,17)/t8-,9-,10-,11+/m1/s1. The van der Waals surface area contributed by atoms with Crippen LogP contribution in [-0.4, -0.2) is 50.7 Å². The lowest BCUT2D eigenvalue weighted by molar-refractivity contribution is -0.158. The van der Waals surface area contributed by atoms with E-state index in [1.165, 1.54) is 6.33 Å². The van der Waals surface area contributed by atoms with Crippen molar-refractivity contribution in [2.24, 2.45) is 5.92 Å². The van der Waals surface area contributed by atoms with Gasteiger partial charge in [-0.2, -0.15) is 4.98 Å². The van der Waals surface area contributed by atoms with Crippen LogP contribution in [0.4, 0.5) is 5.95 Å². The molecule has 2 N–H and O–H groups in total. The Bertz CT molecular complexity index is 496. The highest BCUT2D eigenvalue weighted by molar-refractivity contribution is 5.27. The highest BCUT2D eigenvalue weighted by Crippen LogP contribution is 2.42. The monoisotopic (exact) mass is 280 g/mol. The molecule has 2 fully saturated rings. The lowest BCUT2D eigenvalue weighted by Crippen LogP contribution is -2.35. The average Bonchev–Trinajstić information content (AvgIpc) is 2.84. The lowest BCUT2D eigenvalue weighted by Gasteiger charge is -2.23. The Morgan fingerprint density at radius 3 is 2.80 bits per heavy atom. The SMILES string of the molecule is Cc1ncnc(N[C@@H]2C[C@H](CO)[C@H]3OC(C)(C)O[C@H]32)n1. The molecule has 0 radical (unpaired) electrons. The van der Waals surface area contributed by atoms with Gasteiger partial charge in [-0.3, -0.25) is 0 Å². The van der Waals surface area contributed by atoms with Crippen LogP contribution in [0.3, 0.4) is 0 Å². The third-order valence-corrected chi connectivity index (χ3v) is 3.82. The Kier molecular flexibility index (Phi) is 3.35. The third-order valence-electron chi connectivity index (χ3n) is 3.82. The van der Waals surface area contributed by atoms with Crippen LogP contribution in [0, 0.1) is 12.8 Å². The molecule has 0 aromatic carbocycles. The van der Waals surface area contributed by atoms with E-state index in [4.69, 9.17) is 9.47 Å². The largest absolute Gasteiger partial charge is 0.396 e. The summed E-state index contributed by atoms with van der Waals surface area (Å²) in [6, 6.07) is 0.0284. The molecule has 0 bridgehead atoms. The highest BCUT2D eigenvalue weighted by Gasteiger charge is 2.53. The van der Waals surface area contributed by atoms with Gasteiger partial charge in [-0.25, -0.2) is 9.97 Å². The molecular formula is C13H20N4O3. The molecule has 1 aromatic rings. The van der Waals surface area contributed by atoms with Crippen molar-refractivity contribution in [1.29, 1.82) is 0 Å². The maximum absolute atomic E-state index is 9.51. The first-order valence-corrected chi connectivity index (χ1v) is 6.87. The molecule has 7 heteroatoms.